The van der Waals surface area contributed by atoms with E-state index in [-0.39, 0.29) is 36.1 Å². The van der Waals surface area contributed by atoms with Gasteiger partial charge in [-0.1, -0.05) is 13.8 Å². The molecule has 0 aliphatic heterocycles. The molecule has 4 N–H and O–H groups in total. The minimum absolute atomic E-state index is 0.199. The number of nitrogens with one attached hydrogen (secondary N) is 2. The molecule has 0 aromatic heterocycles. The monoisotopic (exact) mass is 424 g/mol. The van der Waals surface area contributed by atoms with Gasteiger partial charge < -0.3 is 19.5 Å². The summed E-state index contributed by atoms with van der Waals surface area (Å²) in [5, 5.41) is 13.9. The Morgan fingerprint density at radius 2 is 1.83 bits per heavy atom. The van der Waals surface area contributed by atoms with E-state index in [1.54, 1.807) is 13.8 Å². The number of benzene rings is 1. The summed E-state index contributed by atoms with van der Waals surface area (Å²) < 4.78 is 15.6. The zero-order valence-corrected chi connectivity index (χ0v) is 17.5. The Morgan fingerprint density at radius 1 is 1.20 bits per heavy atom. The van der Waals surface area contributed by atoms with Crippen molar-refractivity contribution in [2.24, 2.45) is 11.3 Å². The predicted molar refractivity (Wildman–Crippen MR) is 110 cm³/mol. The van der Waals surface area contributed by atoms with Crippen LogP contribution in [0.4, 0.5) is 5.69 Å². The third kappa shape index (κ3) is 7.33. The number of hydrazine groups is 1. The Balaban J connectivity index is 2.56. The summed E-state index contributed by atoms with van der Waals surface area (Å²) >= 11 is 0. The van der Waals surface area contributed by atoms with Gasteiger partial charge in [-0.15, -0.1) is 0 Å². The van der Waals surface area contributed by atoms with E-state index < -0.39 is 16.2 Å². The summed E-state index contributed by atoms with van der Waals surface area (Å²) in [6.07, 6.45) is 2.97. The van der Waals surface area contributed by atoms with Gasteiger partial charge in [0.1, 0.15) is 0 Å². The van der Waals surface area contributed by atoms with Gasteiger partial charge in [0, 0.05) is 24.6 Å². The Morgan fingerprint density at radius 3 is 2.40 bits per heavy atom. The van der Waals surface area contributed by atoms with Gasteiger partial charge in [-0.3, -0.25) is 25.1 Å². The number of hydrogen-bond donors (Lipinski definition) is 3. The lowest BCUT2D eigenvalue weighted by Gasteiger charge is -2.21. The second-order valence-electron chi connectivity index (χ2n) is 6.87. The number of rotatable bonds is 12. The Labute approximate surface area is 174 Å². The highest BCUT2D eigenvalue weighted by Crippen LogP contribution is 2.35. The van der Waals surface area contributed by atoms with Crippen LogP contribution in [0.5, 0.6) is 11.5 Å². The molecular formula is C19H28N4O7. The van der Waals surface area contributed by atoms with Gasteiger partial charge in [-0.2, -0.15) is 0 Å². The molecule has 1 aromatic rings. The molecule has 166 valence electrons. The first-order valence-corrected chi connectivity index (χ1v) is 9.11. The molecule has 1 rings (SSSR count). The van der Waals surface area contributed by atoms with Gasteiger partial charge in [-0.05, 0) is 18.6 Å². The van der Waals surface area contributed by atoms with Crippen LogP contribution >= 0.6 is 0 Å². The van der Waals surface area contributed by atoms with Crippen LogP contribution < -0.4 is 26.1 Å². The van der Waals surface area contributed by atoms with Crippen molar-refractivity contribution in [1.29, 1.82) is 0 Å². The van der Waals surface area contributed by atoms with E-state index in [0.717, 1.165) is 0 Å². The number of amides is 2. The maximum atomic E-state index is 11.9. The van der Waals surface area contributed by atoms with E-state index in [0.29, 0.717) is 18.8 Å². The fourth-order valence-electron chi connectivity index (χ4n) is 2.38. The maximum absolute atomic E-state index is 11.9. The predicted octanol–water partition coefficient (Wildman–Crippen LogP) is 1.16. The van der Waals surface area contributed by atoms with E-state index in [2.05, 4.69) is 10.7 Å². The first-order valence-electron chi connectivity index (χ1n) is 9.11. The zero-order chi connectivity index (χ0) is 22.7. The molecule has 0 unspecified atom stereocenters. The van der Waals surface area contributed by atoms with E-state index in [4.69, 9.17) is 20.1 Å². The number of nitrogens with zero attached hydrogens (tertiary/aromatic N) is 1. The van der Waals surface area contributed by atoms with Gasteiger partial charge in [0.2, 0.25) is 11.8 Å². The summed E-state index contributed by atoms with van der Waals surface area (Å²) in [6, 6.07) is 2.65. The highest BCUT2D eigenvalue weighted by molar-refractivity contribution is 5.92. The van der Waals surface area contributed by atoms with Gasteiger partial charge in [-0.25, -0.2) is 5.84 Å². The quantitative estimate of drug-likeness (QED) is 0.113. The molecule has 1 aromatic carbocycles. The number of nitro groups is 1. The Kier molecular flexibility index (Phi) is 9.72. The number of ether oxygens (including phenoxy) is 3. The lowest BCUT2D eigenvalue weighted by molar-refractivity contribution is -0.385. The van der Waals surface area contributed by atoms with Crippen molar-refractivity contribution >= 4 is 23.6 Å². The maximum Gasteiger partial charge on any atom is 0.280 e. The standard InChI is InChI=1S/C19H28N4O7/c1-19(2,18(25)22-20)7-9-30-10-8-21-17(24)6-5-13-11-15(28-3)16(29-4)12-14(13)23(26)27/h5-6,11-12H,7-10,20H2,1-4H3,(H,21,24)(H,22,25)/b6-5+. The molecule has 0 heterocycles. The number of methoxy groups -OCH3 is 2. The van der Waals surface area contributed by atoms with Crippen LogP contribution in [0.15, 0.2) is 18.2 Å². The molecule has 0 saturated carbocycles. The molecular weight excluding hydrogens is 396 g/mol. The van der Waals surface area contributed by atoms with Crippen LogP contribution in [-0.4, -0.2) is 50.7 Å². The number of carbonyl (C=O) groups excluding carboxylic acids is 2. The van der Waals surface area contributed by atoms with Crippen molar-refractivity contribution < 1.29 is 28.7 Å². The molecule has 30 heavy (non-hydrogen) atoms. The van der Waals surface area contributed by atoms with Crippen molar-refractivity contribution in [3.8, 4) is 11.5 Å². The smallest absolute Gasteiger partial charge is 0.280 e. The highest BCUT2D eigenvalue weighted by Gasteiger charge is 2.26. The van der Waals surface area contributed by atoms with E-state index >= 15 is 0 Å². The third-order valence-electron chi connectivity index (χ3n) is 4.31. The topological polar surface area (TPSA) is 155 Å². The van der Waals surface area contributed by atoms with Crippen LogP contribution in [0.3, 0.4) is 0 Å². The molecule has 11 nitrogen and oxygen atoms in total. The second kappa shape index (κ2) is 11.7. The summed E-state index contributed by atoms with van der Waals surface area (Å²) in [5.74, 6) is 4.93. The minimum atomic E-state index is -0.658. The molecule has 0 atom stereocenters. The lowest BCUT2D eigenvalue weighted by Crippen LogP contribution is -2.41. The van der Waals surface area contributed by atoms with Crippen LogP contribution in [0.1, 0.15) is 25.8 Å². The minimum Gasteiger partial charge on any atom is -0.493 e. The molecule has 2 amide bonds. The Hall–Kier alpha value is -3.18. The molecule has 11 heteroatoms. The Bertz CT molecular complexity index is 793. The fourth-order valence-corrected chi connectivity index (χ4v) is 2.38. The van der Waals surface area contributed by atoms with Crippen molar-refractivity contribution in [3.63, 3.8) is 0 Å². The van der Waals surface area contributed by atoms with Crippen molar-refractivity contribution in [3.05, 3.63) is 33.9 Å². The number of nitrogens with two attached hydrogens (primary N) is 1. The SMILES string of the molecule is COc1cc(/C=C/C(=O)NCCOCCC(C)(C)C(=O)NN)c([N+](=O)[O-])cc1OC. The largest absolute Gasteiger partial charge is 0.493 e. The van der Waals surface area contributed by atoms with Gasteiger partial charge >= 0.3 is 0 Å². The van der Waals surface area contributed by atoms with Crippen LogP contribution in [0.25, 0.3) is 6.08 Å². The third-order valence-corrected chi connectivity index (χ3v) is 4.31. The summed E-state index contributed by atoms with van der Waals surface area (Å²) in [5.41, 5.74) is 1.43. The molecule has 0 radical (unpaired) electrons. The number of nitro benzene ring substituents is 1. The molecule has 0 saturated heterocycles. The summed E-state index contributed by atoms with van der Waals surface area (Å²) in [4.78, 5) is 34.2. The molecule has 0 aliphatic carbocycles. The fraction of sp³-hybridized carbons (Fsp3) is 0.474. The summed E-state index contributed by atoms with van der Waals surface area (Å²) in [7, 11) is 2.79. The van der Waals surface area contributed by atoms with Crippen molar-refractivity contribution in [2.45, 2.75) is 20.3 Å². The summed E-state index contributed by atoms with van der Waals surface area (Å²) in [6.45, 7) is 4.30. The zero-order valence-electron chi connectivity index (χ0n) is 17.5. The molecule has 0 fully saturated rings. The molecule has 0 aliphatic rings. The first-order chi connectivity index (χ1) is 14.2. The molecule has 0 bridgehead atoms. The average Bonchev–Trinajstić information content (AvgIpc) is 2.72. The van der Waals surface area contributed by atoms with Crippen LogP contribution in [0.2, 0.25) is 0 Å². The van der Waals surface area contributed by atoms with Crippen molar-refractivity contribution in [2.75, 3.05) is 34.0 Å². The first kappa shape index (κ1) is 24.9. The van der Waals surface area contributed by atoms with Crippen molar-refractivity contribution in [1.82, 2.24) is 10.7 Å². The van der Waals surface area contributed by atoms with Gasteiger partial charge in [0.15, 0.2) is 11.5 Å². The lowest BCUT2D eigenvalue weighted by atomic mass is 9.89. The normalized spacial score (nSPS) is 11.2. The average molecular weight is 424 g/mol. The number of hydrogen-bond acceptors (Lipinski definition) is 8. The van der Waals surface area contributed by atoms with E-state index in [1.165, 1.54) is 38.5 Å². The van der Waals surface area contributed by atoms with Crippen LogP contribution in [0, 0.1) is 15.5 Å². The molecule has 0 spiro atoms. The van der Waals surface area contributed by atoms with E-state index in [1.807, 2.05) is 0 Å². The second-order valence-corrected chi connectivity index (χ2v) is 6.87. The van der Waals surface area contributed by atoms with E-state index in [9.17, 15) is 19.7 Å². The number of carbonyl (C=O) groups is 2. The van der Waals surface area contributed by atoms with Gasteiger partial charge in [0.05, 0.1) is 37.4 Å². The highest BCUT2D eigenvalue weighted by atomic mass is 16.6. The van der Waals surface area contributed by atoms with Gasteiger partial charge in [0.25, 0.3) is 5.69 Å². The van der Waals surface area contributed by atoms with Crippen LogP contribution in [-0.2, 0) is 14.3 Å².